The molecule has 0 aromatic rings. The van der Waals surface area contributed by atoms with Crippen LogP contribution in [0.15, 0.2) is 0 Å². The highest BCUT2D eigenvalue weighted by atomic mass is 16.7. The Morgan fingerprint density at radius 2 is 2.20 bits per heavy atom. The molecule has 1 aliphatic carbocycles. The van der Waals surface area contributed by atoms with E-state index < -0.39 is 0 Å². The Labute approximate surface area is 92.1 Å². The second kappa shape index (κ2) is 4.81. The monoisotopic (exact) mass is 214 g/mol. The number of hydrogen-bond acceptors (Lipinski definition) is 3. The SMILES string of the molecule is COC(C)OCC1CC[C@H]2OC(C)C[C@@H]12. The van der Waals surface area contributed by atoms with E-state index in [1.165, 1.54) is 19.3 Å². The van der Waals surface area contributed by atoms with Crippen LogP contribution < -0.4 is 0 Å². The van der Waals surface area contributed by atoms with E-state index in [-0.39, 0.29) is 6.29 Å². The highest BCUT2D eigenvalue weighted by molar-refractivity contribution is 4.91. The molecule has 1 saturated heterocycles. The summed E-state index contributed by atoms with van der Waals surface area (Å²) in [7, 11) is 1.68. The Balaban J connectivity index is 1.79. The van der Waals surface area contributed by atoms with Crippen LogP contribution in [0.1, 0.15) is 33.1 Å². The van der Waals surface area contributed by atoms with Gasteiger partial charge in [0.2, 0.25) is 0 Å². The van der Waals surface area contributed by atoms with E-state index in [0.717, 1.165) is 12.5 Å². The predicted molar refractivity (Wildman–Crippen MR) is 57.6 cm³/mol. The van der Waals surface area contributed by atoms with Crippen molar-refractivity contribution < 1.29 is 14.2 Å². The standard InChI is InChI=1S/C12H22O3/c1-8-6-11-10(4-5-12(11)15-8)7-14-9(2)13-3/h8-12H,4-7H2,1-3H3/t8?,9?,10?,11-,12+/m0/s1. The Hall–Kier alpha value is -0.120. The quantitative estimate of drug-likeness (QED) is 0.671. The molecule has 0 aromatic carbocycles. The van der Waals surface area contributed by atoms with E-state index in [1.54, 1.807) is 7.11 Å². The van der Waals surface area contributed by atoms with Gasteiger partial charge >= 0.3 is 0 Å². The summed E-state index contributed by atoms with van der Waals surface area (Å²) in [6.45, 7) is 4.94. The fourth-order valence-corrected chi connectivity index (χ4v) is 2.89. The fraction of sp³-hybridized carbons (Fsp3) is 1.00. The number of methoxy groups -OCH3 is 1. The molecule has 2 fully saturated rings. The van der Waals surface area contributed by atoms with Crippen LogP contribution >= 0.6 is 0 Å². The summed E-state index contributed by atoms with van der Waals surface area (Å²) in [4.78, 5) is 0. The van der Waals surface area contributed by atoms with Crippen LogP contribution in [0.25, 0.3) is 0 Å². The van der Waals surface area contributed by atoms with Gasteiger partial charge in [-0.05, 0) is 44.9 Å². The van der Waals surface area contributed by atoms with Crippen LogP contribution in [0.4, 0.5) is 0 Å². The largest absolute Gasteiger partial charge is 0.375 e. The van der Waals surface area contributed by atoms with Crippen LogP contribution in [-0.2, 0) is 14.2 Å². The number of fused-ring (bicyclic) bond motifs is 1. The average Bonchev–Trinajstić information content (AvgIpc) is 2.73. The zero-order chi connectivity index (χ0) is 10.8. The molecule has 15 heavy (non-hydrogen) atoms. The second-order valence-corrected chi connectivity index (χ2v) is 4.86. The summed E-state index contributed by atoms with van der Waals surface area (Å²) in [5.74, 6) is 1.40. The first-order chi connectivity index (χ1) is 7.20. The third-order valence-corrected chi connectivity index (χ3v) is 3.79. The molecule has 3 nitrogen and oxygen atoms in total. The zero-order valence-electron chi connectivity index (χ0n) is 9.94. The van der Waals surface area contributed by atoms with Crippen molar-refractivity contribution in [1.29, 1.82) is 0 Å². The smallest absolute Gasteiger partial charge is 0.154 e. The summed E-state index contributed by atoms with van der Waals surface area (Å²) in [6.07, 6.45) is 4.54. The number of hydrogen-bond donors (Lipinski definition) is 0. The first kappa shape index (κ1) is 11.4. The van der Waals surface area contributed by atoms with Gasteiger partial charge in [-0.25, -0.2) is 0 Å². The molecule has 1 aliphatic heterocycles. The van der Waals surface area contributed by atoms with Gasteiger partial charge in [0.05, 0.1) is 18.8 Å². The van der Waals surface area contributed by atoms with Crippen molar-refractivity contribution in [3.8, 4) is 0 Å². The van der Waals surface area contributed by atoms with Crippen molar-refractivity contribution in [1.82, 2.24) is 0 Å². The first-order valence-electron chi connectivity index (χ1n) is 6.00. The lowest BCUT2D eigenvalue weighted by molar-refractivity contribution is -0.122. The molecule has 0 amide bonds. The van der Waals surface area contributed by atoms with Crippen LogP contribution in [0.3, 0.4) is 0 Å². The summed E-state index contributed by atoms with van der Waals surface area (Å²) in [6, 6.07) is 0. The minimum atomic E-state index is -0.0798. The second-order valence-electron chi connectivity index (χ2n) is 4.86. The Bertz CT molecular complexity index is 207. The van der Waals surface area contributed by atoms with Crippen molar-refractivity contribution in [2.75, 3.05) is 13.7 Å². The van der Waals surface area contributed by atoms with E-state index in [0.29, 0.717) is 18.1 Å². The maximum Gasteiger partial charge on any atom is 0.154 e. The van der Waals surface area contributed by atoms with Gasteiger partial charge in [-0.1, -0.05) is 0 Å². The summed E-state index contributed by atoms with van der Waals surface area (Å²) in [5.41, 5.74) is 0. The van der Waals surface area contributed by atoms with Gasteiger partial charge in [0, 0.05) is 7.11 Å². The minimum absolute atomic E-state index is 0.0798. The van der Waals surface area contributed by atoms with Crippen LogP contribution in [0.2, 0.25) is 0 Å². The molecule has 3 unspecified atom stereocenters. The molecule has 0 aromatic heterocycles. The van der Waals surface area contributed by atoms with Crippen LogP contribution in [0.5, 0.6) is 0 Å². The summed E-state index contributed by atoms with van der Waals surface area (Å²) >= 11 is 0. The van der Waals surface area contributed by atoms with Gasteiger partial charge < -0.3 is 14.2 Å². The molecule has 1 saturated carbocycles. The zero-order valence-corrected chi connectivity index (χ0v) is 9.94. The third kappa shape index (κ3) is 2.52. The highest BCUT2D eigenvalue weighted by Gasteiger charge is 2.42. The molecule has 0 radical (unpaired) electrons. The number of rotatable bonds is 4. The van der Waals surface area contributed by atoms with Crippen molar-refractivity contribution in [3.05, 3.63) is 0 Å². The Morgan fingerprint density at radius 3 is 2.93 bits per heavy atom. The van der Waals surface area contributed by atoms with Gasteiger partial charge in [-0.3, -0.25) is 0 Å². The highest BCUT2D eigenvalue weighted by Crippen LogP contribution is 2.43. The van der Waals surface area contributed by atoms with E-state index in [2.05, 4.69) is 6.92 Å². The van der Waals surface area contributed by atoms with E-state index >= 15 is 0 Å². The van der Waals surface area contributed by atoms with E-state index in [9.17, 15) is 0 Å². The first-order valence-corrected chi connectivity index (χ1v) is 6.00. The average molecular weight is 214 g/mol. The molecular formula is C12H22O3. The topological polar surface area (TPSA) is 27.7 Å². The lowest BCUT2D eigenvalue weighted by Crippen LogP contribution is -2.22. The van der Waals surface area contributed by atoms with Gasteiger partial charge in [0.1, 0.15) is 0 Å². The molecular weight excluding hydrogens is 192 g/mol. The van der Waals surface area contributed by atoms with Crippen molar-refractivity contribution >= 4 is 0 Å². The molecule has 0 N–H and O–H groups in total. The molecule has 5 atom stereocenters. The Morgan fingerprint density at radius 1 is 1.40 bits per heavy atom. The van der Waals surface area contributed by atoms with Crippen molar-refractivity contribution in [2.24, 2.45) is 11.8 Å². The molecule has 1 heterocycles. The van der Waals surface area contributed by atoms with Gasteiger partial charge in [-0.15, -0.1) is 0 Å². The molecule has 3 heteroatoms. The minimum Gasteiger partial charge on any atom is -0.375 e. The summed E-state index contributed by atoms with van der Waals surface area (Å²) in [5, 5.41) is 0. The van der Waals surface area contributed by atoms with E-state index in [1.807, 2.05) is 6.92 Å². The third-order valence-electron chi connectivity index (χ3n) is 3.79. The fourth-order valence-electron chi connectivity index (χ4n) is 2.89. The van der Waals surface area contributed by atoms with Gasteiger partial charge in [0.15, 0.2) is 6.29 Å². The number of ether oxygens (including phenoxy) is 3. The van der Waals surface area contributed by atoms with Crippen LogP contribution in [-0.4, -0.2) is 32.2 Å². The Kier molecular flexibility index (Phi) is 3.65. The van der Waals surface area contributed by atoms with Crippen molar-refractivity contribution in [2.45, 2.75) is 51.6 Å². The van der Waals surface area contributed by atoms with Crippen molar-refractivity contribution in [3.63, 3.8) is 0 Å². The summed E-state index contributed by atoms with van der Waals surface area (Å²) < 4.78 is 16.6. The van der Waals surface area contributed by atoms with Gasteiger partial charge in [-0.2, -0.15) is 0 Å². The van der Waals surface area contributed by atoms with E-state index in [4.69, 9.17) is 14.2 Å². The lowest BCUT2D eigenvalue weighted by Gasteiger charge is -2.19. The van der Waals surface area contributed by atoms with Gasteiger partial charge in [0.25, 0.3) is 0 Å². The molecule has 2 rings (SSSR count). The maximum absolute atomic E-state index is 5.86. The maximum atomic E-state index is 5.86. The molecule has 2 aliphatic rings. The molecule has 0 bridgehead atoms. The predicted octanol–water partition coefficient (Wildman–Crippen LogP) is 2.20. The molecule has 0 spiro atoms. The lowest BCUT2D eigenvalue weighted by atomic mass is 9.92. The van der Waals surface area contributed by atoms with Crippen LogP contribution in [0, 0.1) is 11.8 Å². The molecule has 88 valence electrons. The normalized spacial score (nSPS) is 41.8.